The van der Waals surface area contributed by atoms with Crippen molar-refractivity contribution in [2.45, 2.75) is 18.7 Å². The van der Waals surface area contributed by atoms with Crippen molar-refractivity contribution in [3.05, 3.63) is 51.7 Å². The maximum Gasteiger partial charge on any atom is 0.304 e. The van der Waals surface area contributed by atoms with Crippen LogP contribution in [0.4, 0.5) is 15.8 Å². The Morgan fingerprint density at radius 3 is 2.43 bits per heavy atom. The summed E-state index contributed by atoms with van der Waals surface area (Å²) in [5.74, 6) is -0.509. The van der Waals surface area contributed by atoms with Gasteiger partial charge in [0.05, 0.1) is 10.6 Å². The largest absolute Gasteiger partial charge is 0.465 e. The first kappa shape index (κ1) is 15.0. The van der Waals surface area contributed by atoms with Crippen molar-refractivity contribution in [2.24, 2.45) is 0 Å². The standard InChI is InChI=1S/C12H11FN2O5S/c1-7-5-12(8(2)20-7)21(18,19)14-9-3-4-11(15(16)17)10(13)6-9/h3-6,14H,1-2H3. The Bertz CT molecular complexity index is 813. The predicted octanol–water partition coefficient (Wildman–Crippen LogP) is 2.74. The molecule has 0 atom stereocenters. The Morgan fingerprint density at radius 2 is 1.95 bits per heavy atom. The quantitative estimate of drug-likeness (QED) is 0.690. The zero-order valence-corrected chi connectivity index (χ0v) is 11.9. The van der Waals surface area contributed by atoms with Gasteiger partial charge < -0.3 is 4.42 Å². The minimum Gasteiger partial charge on any atom is -0.465 e. The molecule has 21 heavy (non-hydrogen) atoms. The molecule has 0 radical (unpaired) electrons. The Morgan fingerprint density at radius 1 is 1.29 bits per heavy atom. The van der Waals surface area contributed by atoms with E-state index in [1.54, 1.807) is 6.92 Å². The number of hydrogen-bond acceptors (Lipinski definition) is 5. The van der Waals surface area contributed by atoms with E-state index in [1.807, 2.05) is 0 Å². The normalized spacial score (nSPS) is 11.4. The van der Waals surface area contributed by atoms with Gasteiger partial charge in [-0.15, -0.1) is 0 Å². The molecule has 0 saturated heterocycles. The number of nitro groups is 1. The topological polar surface area (TPSA) is 102 Å². The Labute approximate surface area is 119 Å². The average molecular weight is 314 g/mol. The van der Waals surface area contributed by atoms with Gasteiger partial charge in [-0.05, 0) is 19.9 Å². The maximum absolute atomic E-state index is 13.5. The molecule has 1 aromatic carbocycles. The molecular formula is C12H11FN2O5S. The fourth-order valence-corrected chi connectivity index (χ4v) is 3.09. The lowest BCUT2D eigenvalue weighted by atomic mass is 10.3. The van der Waals surface area contributed by atoms with Crippen LogP contribution in [-0.4, -0.2) is 13.3 Å². The number of nitrogens with zero attached hydrogens (tertiary/aromatic N) is 1. The highest BCUT2D eigenvalue weighted by Crippen LogP contribution is 2.25. The monoisotopic (exact) mass is 314 g/mol. The number of furan rings is 1. The summed E-state index contributed by atoms with van der Waals surface area (Å²) in [4.78, 5) is 9.54. The SMILES string of the molecule is Cc1cc(S(=O)(=O)Nc2ccc([N+](=O)[O-])c(F)c2)c(C)o1. The van der Waals surface area contributed by atoms with Crippen LogP contribution >= 0.6 is 0 Å². The van der Waals surface area contributed by atoms with E-state index in [2.05, 4.69) is 4.72 Å². The number of nitrogens with one attached hydrogen (secondary N) is 1. The van der Waals surface area contributed by atoms with Crippen molar-refractivity contribution in [1.29, 1.82) is 0 Å². The van der Waals surface area contributed by atoms with Crippen molar-refractivity contribution in [3.63, 3.8) is 0 Å². The van der Waals surface area contributed by atoms with Gasteiger partial charge >= 0.3 is 5.69 Å². The third-order valence-electron chi connectivity index (χ3n) is 2.68. The molecule has 2 rings (SSSR count). The van der Waals surface area contributed by atoms with Gasteiger partial charge in [-0.2, -0.15) is 4.39 Å². The highest BCUT2D eigenvalue weighted by Gasteiger charge is 2.22. The fraction of sp³-hybridized carbons (Fsp3) is 0.167. The second-order valence-corrected chi connectivity index (χ2v) is 5.96. The van der Waals surface area contributed by atoms with Crippen LogP contribution in [0, 0.1) is 29.8 Å². The maximum atomic E-state index is 13.5. The molecular weight excluding hydrogens is 303 g/mol. The van der Waals surface area contributed by atoms with Crippen LogP contribution in [0.1, 0.15) is 11.5 Å². The van der Waals surface area contributed by atoms with E-state index in [9.17, 15) is 22.9 Å². The van der Waals surface area contributed by atoms with Crippen molar-refractivity contribution in [2.75, 3.05) is 4.72 Å². The molecule has 0 saturated carbocycles. The highest BCUT2D eigenvalue weighted by molar-refractivity contribution is 7.92. The van der Waals surface area contributed by atoms with E-state index >= 15 is 0 Å². The van der Waals surface area contributed by atoms with E-state index in [4.69, 9.17) is 4.42 Å². The Hall–Kier alpha value is -2.42. The van der Waals surface area contributed by atoms with E-state index in [1.165, 1.54) is 13.0 Å². The molecule has 9 heteroatoms. The van der Waals surface area contributed by atoms with Crippen LogP contribution in [0.25, 0.3) is 0 Å². The number of aryl methyl sites for hydroxylation is 2. The summed E-state index contributed by atoms with van der Waals surface area (Å²) in [5, 5.41) is 10.5. The van der Waals surface area contributed by atoms with E-state index in [0.29, 0.717) is 5.76 Å². The van der Waals surface area contributed by atoms with Gasteiger partial charge in [0, 0.05) is 18.2 Å². The summed E-state index contributed by atoms with van der Waals surface area (Å²) >= 11 is 0. The molecule has 2 aromatic rings. The lowest BCUT2D eigenvalue weighted by molar-refractivity contribution is -0.387. The van der Waals surface area contributed by atoms with Crippen LogP contribution in [0.2, 0.25) is 0 Å². The number of benzene rings is 1. The summed E-state index contributed by atoms with van der Waals surface area (Å²) < 4.78 is 45.0. The first-order chi connectivity index (χ1) is 9.70. The smallest absolute Gasteiger partial charge is 0.304 e. The van der Waals surface area contributed by atoms with Crippen LogP contribution in [0.15, 0.2) is 33.6 Å². The second kappa shape index (κ2) is 5.17. The second-order valence-electron chi connectivity index (χ2n) is 4.31. The van der Waals surface area contributed by atoms with E-state index < -0.39 is 26.5 Å². The summed E-state index contributed by atoms with van der Waals surface area (Å²) in [7, 11) is -3.95. The van der Waals surface area contributed by atoms with Gasteiger partial charge in [0.2, 0.25) is 5.82 Å². The molecule has 0 fully saturated rings. The fourth-order valence-electron chi connectivity index (χ4n) is 1.80. The Kier molecular flexibility index (Phi) is 3.69. The van der Waals surface area contributed by atoms with Gasteiger partial charge in [0.1, 0.15) is 16.4 Å². The van der Waals surface area contributed by atoms with Crippen LogP contribution in [-0.2, 0) is 10.0 Å². The number of nitro benzene ring substituents is 1. The highest BCUT2D eigenvalue weighted by atomic mass is 32.2. The van der Waals surface area contributed by atoms with Crippen molar-refractivity contribution in [3.8, 4) is 0 Å². The molecule has 0 bridgehead atoms. The number of halogens is 1. The molecule has 0 aliphatic carbocycles. The van der Waals surface area contributed by atoms with E-state index in [0.717, 1.165) is 18.2 Å². The summed E-state index contributed by atoms with van der Waals surface area (Å²) in [5.41, 5.74) is -0.843. The molecule has 7 nitrogen and oxygen atoms in total. The van der Waals surface area contributed by atoms with Gasteiger partial charge in [0.25, 0.3) is 10.0 Å². The average Bonchev–Trinajstić information content (AvgIpc) is 2.68. The summed E-state index contributed by atoms with van der Waals surface area (Å²) in [6.07, 6.45) is 0. The molecule has 112 valence electrons. The minimum atomic E-state index is -3.95. The third kappa shape index (κ3) is 3.02. The lowest BCUT2D eigenvalue weighted by Gasteiger charge is -2.07. The first-order valence-electron chi connectivity index (χ1n) is 5.74. The zero-order valence-electron chi connectivity index (χ0n) is 11.1. The number of sulfonamides is 1. The first-order valence-corrected chi connectivity index (χ1v) is 7.23. The summed E-state index contributed by atoms with van der Waals surface area (Å²) in [6, 6.07) is 4.08. The predicted molar refractivity (Wildman–Crippen MR) is 72.0 cm³/mol. The number of anilines is 1. The van der Waals surface area contributed by atoms with Crippen LogP contribution in [0.5, 0.6) is 0 Å². The third-order valence-corrected chi connectivity index (χ3v) is 4.17. The van der Waals surface area contributed by atoms with Gasteiger partial charge in [-0.3, -0.25) is 14.8 Å². The van der Waals surface area contributed by atoms with Crippen molar-refractivity contribution in [1.82, 2.24) is 0 Å². The minimum absolute atomic E-state index is 0.0706. The molecule has 0 aliphatic rings. The van der Waals surface area contributed by atoms with Gasteiger partial charge in [0.15, 0.2) is 0 Å². The summed E-state index contributed by atoms with van der Waals surface area (Å²) in [6.45, 7) is 3.08. The number of rotatable bonds is 4. The van der Waals surface area contributed by atoms with Gasteiger partial charge in [-0.25, -0.2) is 8.42 Å². The lowest BCUT2D eigenvalue weighted by Crippen LogP contribution is -2.13. The molecule has 0 unspecified atom stereocenters. The molecule has 1 heterocycles. The van der Waals surface area contributed by atoms with Gasteiger partial charge in [-0.1, -0.05) is 0 Å². The van der Waals surface area contributed by atoms with Crippen molar-refractivity contribution >= 4 is 21.4 Å². The van der Waals surface area contributed by atoms with Crippen LogP contribution in [0.3, 0.4) is 0 Å². The molecule has 1 N–H and O–H groups in total. The molecule has 1 aromatic heterocycles. The molecule has 0 amide bonds. The number of hydrogen-bond donors (Lipinski definition) is 1. The Balaban J connectivity index is 2.35. The molecule has 0 spiro atoms. The zero-order chi connectivity index (χ0) is 15.8. The van der Waals surface area contributed by atoms with E-state index in [-0.39, 0.29) is 16.3 Å². The van der Waals surface area contributed by atoms with Crippen LogP contribution < -0.4 is 4.72 Å². The molecule has 0 aliphatic heterocycles. The van der Waals surface area contributed by atoms with Crippen molar-refractivity contribution < 1.29 is 22.1 Å².